The Morgan fingerprint density at radius 3 is 2.75 bits per heavy atom. The molecule has 2 heterocycles. The Morgan fingerprint density at radius 2 is 2.00 bits per heavy atom. The Hall–Kier alpha value is -2.89. The van der Waals surface area contributed by atoms with Crippen LogP contribution in [-0.2, 0) is 6.42 Å². The van der Waals surface area contributed by atoms with Gasteiger partial charge in [0.2, 0.25) is 0 Å². The third-order valence-corrected chi connectivity index (χ3v) is 5.14. The SMILES string of the molecule is COc1cccc(CCNC(=O)c2cc(C(=O)N3CCC(C)CC3)ccn2)c1. The normalized spacial score (nSPS) is 14.6. The minimum absolute atomic E-state index is 0.0280. The zero-order valence-corrected chi connectivity index (χ0v) is 16.5. The van der Waals surface area contributed by atoms with Crippen LogP contribution in [-0.4, -0.2) is 48.4 Å². The fraction of sp³-hybridized carbons (Fsp3) is 0.409. The Kier molecular flexibility index (Phi) is 6.63. The summed E-state index contributed by atoms with van der Waals surface area (Å²) in [6.45, 7) is 4.23. The molecule has 148 valence electrons. The topological polar surface area (TPSA) is 71.5 Å². The van der Waals surface area contributed by atoms with Crippen molar-refractivity contribution in [3.8, 4) is 5.75 Å². The molecule has 1 aliphatic heterocycles. The van der Waals surface area contributed by atoms with Gasteiger partial charge >= 0.3 is 0 Å². The summed E-state index contributed by atoms with van der Waals surface area (Å²) in [5.74, 6) is 1.15. The van der Waals surface area contributed by atoms with E-state index in [0.29, 0.717) is 24.4 Å². The van der Waals surface area contributed by atoms with Crippen LogP contribution in [0.1, 0.15) is 46.2 Å². The molecule has 0 unspecified atom stereocenters. The number of aromatic nitrogens is 1. The maximum atomic E-state index is 12.7. The van der Waals surface area contributed by atoms with Gasteiger partial charge in [-0.2, -0.15) is 0 Å². The first-order valence-corrected chi connectivity index (χ1v) is 9.73. The van der Waals surface area contributed by atoms with E-state index in [4.69, 9.17) is 4.74 Å². The molecule has 1 aromatic heterocycles. The highest BCUT2D eigenvalue weighted by Gasteiger charge is 2.22. The van der Waals surface area contributed by atoms with Crippen LogP contribution in [0.3, 0.4) is 0 Å². The molecular formula is C22H27N3O3. The highest BCUT2D eigenvalue weighted by Crippen LogP contribution is 2.18. The molecule has 2 amide bonds. The molecule has 1 fully saturated rings. The van der Waals surface area contributed by atoms with Crippen LogP contribution in [0.25, 0.3) is 0 Å². The molecule has 0 radical (unpaired) electrons. The molecule has 1 N–H and O–H groups in total. The molecule has 3 rings (SSSR count). The second-order valence-electron chi connectivity index (χ2n) is 7.26. The first kappa shape index (κ1) is 19.9. The van der Waals surface area contributed by atoms with E-state index in [1.807, 2.05) is 29.2 Å². The third kappa shape index (κ3) is 5.09. The Morgan fingerprint density at radius 1 is 1.21 bits per heavy atom. The van der Waals surface area contributed by atoms with Crippen molar-refractivity contribution >= 4 is 11.8 Å². The van der Waals surface area contributed by atoms with Gasteiger partial charge in [0.05, 0.1) is 7.11 Å². The zero-order valence-electron chi connectivity index (χ0n) is 16.5. The number of pyridine rings is 1. The standard InChI is InChI=1S/C22H27N3O3/c1-16-8-12-25(13-9-16)22(27)18-7-11-23-20(15-18)21(26)24-10-6-17-4-3-5-19(14-17)28-2/h3-5,7,11,14-16H,6,8-10,12-13H2,1-2H3,(H,24,26). The fourth-order valence-electron chi connectivity index (χ4n) is 3.32. The number of likely N-dealkylation sites (tertiary alicyclic amines) is 1. The van der Waals surface area contributed by atoms with Crippen LogP contribution in [0.4, 0.5) is 0 Å². The van der Waals surface area contributed by atoms with Gasteiger partial charge in [0.25, 0.3) is 11.8 Å². The molecule has 0 atom stereocenters. The van der Waals surface area contributed by atoms with E-state index in [1.165, 1.54) is 6.20 Å². The molecule has 6 nitrogen and oxygen atoms in total. The summed E-state index contributed by atoms with van der Waals surface area (Å²) in [4.78, 5) is 31.1. The number of rotatable bonds is 6. The van der Waals surface area contributed by atoms with Gasteiger partial charge in [-0.05, 0) is 55.0 Å². The number of piperidine rings is 1. The Labute approximate surface area is 165 Å². The van der Waals surface area contributed by atoms with Gasteiger partial charge < -0.3 is 15.0 Å². The van der Waals surface area contributed by atoms with Crippen molar-refractivity contribution in [1.82, 2.24) is 15.2 Å². The van der Waals surface area contributed by atoms with E-state index in [2.05, 4.69) is 17.2 Å². The van der Waals surface area contributed by atoms with E-state index in [0.717, 1.165) is 37.2 Å². The summed E-state index contributed by atoms with van der Waals surface area (Å²) in [5, 5.41) is 2.87. The van der Waals surface area contributed by atoms with Crippen molar-refractivity contribution in [1.29, 1.82) is 0 Å². The zero-order chi connectivity index (χ0) is 19.9. The van der Waals surface area contributed by atoms with Gasteiger partial charge in [-0.3, -0.25) is 14.6 Å². The predicted octanol–water partition coefficient (Wildman–Crippen LogP) is 2.93. The van der Waals surface area contributed by atoms with Crippen LogP contribution < -0.4 is 10.1 Å². The van der Waals surface area contributed by atoms with Gasteiger partial charge in [-0.15, -0.1) is 0 Å². The maximum Gasteiger partial charge on any atom is 0.269 e. The molecule has 1 saturated heterocycles. The molecule has 0 bridgehead atoms. The number of hydrogen-bond donors (Lipinski definition) is 1. The summed E-state index contributed by atoms with van der Waals surface area (Å²) in [6.07, 6.45) is 4.26. The lowest BCUT2D eigenvalue weighted by molar-refractivity contribution is 0.0697. The van der Waals surface area contributed by atoms with Crippen molar-refractivity contribution in [3.05, 3.63) is 59.4 Å². The number of benzene rings is 1. The maximum absolute atomic E-state index is 12.7. The van der Waals surface area contributed by atoms with Gasteiger partial charge in [-0.1, -0.05) is 19.1 Å². The Bertz CT molecular complexity index is 829. The van der Waals surface area contributed by atoms with Crippen LogP contribution in [0.5, 0.6) is 5.75 Å². The molecule has 0 aliphatic carbocycles. The summed E-state index contributed by atoms with van der Waals surface area (Å²) < 4.78 is 5.21. The molecule has 0 spiro atoms. The lowest BCUT2D eigenvalue weighted by atomic mass is 9.98. The van der Waals surface area contributed by atoms with Crippen LogP contribution >= 0.6 is 0 Å². The van der Waals surface area contributed by atoms with Gasteiger partial charge in [-0.25, -0.2) is 0 Å². The van der Waals surface area contributed by atoms with Gasteiger partial charge in [0.1, 0.15) is 11.4 Å². The van der Waals surface area contributed by atoms with Gasteiger partial charge in [0.15, 0.2) is 0 Å². The molecule has 1 aromatic carbocycles. The van der Waals surface area contributed by atoms with Crippen molar-refractivity contribution < 1.29 is 14.3 Å². The van der Waals surface area contributed by atoms with Crippen molar-refractivity contribution in [2.24, 2.45) is 5.92 Å². The van der Waals surface area contributed by atoms with E-state index >= 15 is 0 Å². The average molecular weight is 381 g/mol. The summed E-state index contributed by atoms with van der Waals surface area (Å²) in [5.41, 5.74) is 1.86. The number of ether oxygens (including phenoxy) is 1. The van der Waals surface area contributed by atoms with E-state index < -0.39 is 0 Å². The molecule has 28 heavy (non-hydrogen) atoms. The number of hydrogen-bond acceptors (Lipinski definition) is 4. The second-order valence-corrected chi connectivity index (χ2v) is 7.26. The van der Waals surface area contributed by atoms with Crippen LogP contribution in [0.15, 0.2) is 42.6 Å². The number of amides is 2. The first-order chi connectivity index (χ1) is 13.6. The van der Waals surface area contributed by atoms with Crippen molar-refractivity contribution in [2.75, 3.05) is 26.7 Å². The Balaban J connectivity index is 1.56. The monoisotopic (exact) mass is 381 g/mol. The number of carbonyl (C=O) groups is 2. The quantitative estimate of drug-likeness (QED) is 0.835. The van der Waals surface area contributed by atoms with E-state index in [1.54, 1.807) is 19.2 Å². The largest absolute Gasteiger partial charge is 0.497 e. The molecular weight excluding hydrogens is 354 g/mol. The number of methoxy groups -OCH3 is 1. The number of nitrogens with zero attached hydrogens (tertiary/aromatic N) is 2. The van der Waals surface area contributed by atoms with E-state index in [-0.39, 0.29) is 17.5 Å². The van der Waals surface area contributed by atoms with Crippen LogP contribution in [0.2, 0.25) is 0 Å². The summed E-state index contributed by atoms with van der Waals surface area (Å²) >= 11 is 0. The highest BCUT2D eigenvalue weighted by molar-refractivity contribution is 5.98. The molecule has 0 saturated carbocycles. The molecule has 6 heteroatoms. The number of nitrogens with one attached hydrogen (secondary N) is 1. The summed E-state index contributed by atoms with van der Waals surface area (Å²) in [6, 6.07) is 11.0. The lowest BCUT2D eigenvalue weighted by Crippen LogP contribution is -2.38. The minimum Gasteiger partial charge on any atom is -0.497 e. The minimum atomic E-state index is -0.273. The first-order valence-electron chi connectivity index (χ1n) is 9.73. The predicted molar refractivity (Wildman–Crippen MR) is 108 cm³/mol. The summed E-state index contributed by atoms with van der Waals surface area (Å²) in [7, 11) is 1.63. The molecule has 1 aliphatic rings. The highest BCUT2D eigenvalue weighted by atomic mass is 16.5. The average Bonchev–Trinajstić information content (AvgIpc) is 2.74. The van der Waals surface area contributed by atoms with Crippen molar-refractivity contribution in [3.63, 3.8) is 0 Å². The molecule has 2 aromatic rings. The van der Waals surface area contributed by atoms with Crippen molar-refractivity contribution in [2.45, 2.75) is 26.2 Å². The third-order valence-electron chi connectivity index (χ3n) is 5.14. The van der Waals surface area contributed by atoms with Crippen LogP contribution in [0, 0.1) is 5.92 Å². The second kappa shape index (κ2) is 9.35. The van der Waals surface area contributed by atoms with Gasteiger partial charge in [0, 0.05) is 31.4 Å². The smallest absolute Gasteiger partial charge is 0.269 e. The fourth-order valence-corrected chi connectivity index (χ4v) is 3.32. The van der Waals surface area contributed by atoms with E-state index in [9.17, 15) is 9.59 Å². The lowest BCUT2D eigenvalue weighted by Gasteiger charge is -2.30. The number of carbonyl (C=O) groups excluding carboxylic acids is 2.